The predicted octanol–water partition coefficient (Wildman–Crippen LogP) is 1.66. The minimum absolute atomic E-state index is 0.0139. The normalized spacial score (nSPS) is 15.6. The molecule has 0 bridgehead atoms. The fourth-order valence-electron chi connectivity index (χ4n) is 3.08. The summed E-state index contributed by atoms with van der Waals surface area (Å²) in [5, 5.41) is 5.39. The molecule has 10 heteroatoms. The van der Waals surface area contributed by atoms with E-state index in [0.717, 1.165) is 9.87 Å². The van der Waals surface area contributed by atoms with E-state index in [1.54, 1.807) is 39.2 Å². The van der Waals surface area contributed by atoms with Crippen LogP contribution in [0, 0.1) is 6.92 Å². The number of nitrogens with zero attached hydrogens (tertiary/aromatic N) is 1. The summed E-state index contributed by atoms with van der Waals surface area (Å²) in [5.74, 6) is 0.246. The van der Waals surface area contributed by atoms with Crippen LogP contribution in [0.15, 0.2) is 41.3 Å². The van der Waals surface area contributed by atoms with Crippen molar-refractivity contribution < 1.29 is 27.5 Å². The maximum Gasteiger partial charge on any atom is 0.265 e. The molecule has 166 valence electrons. The molecule has 1 heterocycles. The van der Waals surface area contributed by atoms with Crippen molar-refractivity contribution in [2.24, 2.45) is 0 Å². The molecular formula is C21H25N3O6S. The number of carbonyl (C=O) groups excluding carboxylic acids is 2. The molecule has 1 aliphatic rings. The van der Waals surface area contributed by atoms with E-state index in [0.29, 0.717) is 17.0 Å². The van der Waals surface area contributed by atoms with Crippen LogP contribution in [-0.2, 0) is 26.2 Å². The lowest BCUT2D eigenvalue weighted by Crippen LogP contribution is -2.38. The zero-order chi connectivity index (χ0) is 22.8. The Morgan fingerprint density at radius 2 is 1.94 bits per heavy atom. The zero-order valence-corrected chi connectivity index (χ0v) is 18.6. The van der Waals surface area contributed by atoms with Gasteiger partial charge in [-0.05, 0) is 43.2 Å². The third-order valence-electron chi connectivity index (χ3n) is 4.91. The quantitative estimate of drug-likeness (QED) is 0.667. The second-order valence-electron chi connectivity index (χ2n) is 7.25. The van der Waals surface area contributed by atoms with Crippen molar-refractivity contribution in [1.29, 1.82) is 0 Å². The van der Waals surface area contributed by atoms with Gasteiger partial charge in [0.1, 0.15) is 11.5 Å². The Morgan fingerprint density at radius 1 is 1.26 bits per heavy atom. The second-order valence-corrected chi connectivity index (χ2v) is 9.26. The number of nitrogens with one attached hydrogen (secondary N) is 2. The number of ether oxygens (including phenoxy) is 2. The molecule has 0 aromatic heterocycles. The Balaban J connectivity index is 1.69. The van der Waals surface area contributed by atoms with E-state index in [9.17, 15) is 18.0 Å². The smallest absolute Gasteiger partial charge is 0.265 e. The highest BCUT2D eigenvalue weighted by atomic mass is 32.2. The first kappa shape index (κ1) is 22.6. The Kier molecular flexibility index (Phi) is 6.51. The van der Waals surface area contributed by atoms with E-state index in [1.165, 1.54) is 13.1 Å². The molecule has 0 aliphatic carbocycles. The summed E-state index contributed by atoms with van der Waals surface area (Å²) in [6.45, 7) is 3.11. The number of likely N-dealkylation sites (N-methyl/N-ethyl adjacent to an activating group) is 1. The average Bonchev–Trinajstić information content (AvgIpc) is 2.73. The summed E-state index contributed by atoms with van der Waals surface area (Å²) in [5.41, 5.74) is 1.71. The SMILES string of the molecule is COc1ccc(CNC(=O)CN(C)S(=O)(=O)c2cc3c(cc2C)NC(=O)[C@@H](C)O3)cc1. The van der Waals surface area contributed by atoms with Gasteiger partial charge in [-0.1, -0.05) is 12.1 Å². The molecule has 9 nitrogen and oxygen atoms in total. The fraction of sp³-hybridized carbons (Fsp3) is 0.333. The molecule has 0 spiro atoms. The molecule has 0 radical (unpaired) electrons. The third-order valence-corrected chi connectivity index (χ3v) is 6.86. The standard InChI is InChI=1S/C21H25N3O6S/c1-13-9-17-18(30-14(2)21(26)23-17)10-19(13)31(27,28)24(3)12-20(25)22-11-15-5-7-16(29-4)8-6-15/h5-10,14H,11-12H2,1-4H3,(H,22,25)(H,23,26)/t14-/m1/s1. The molecule has 0 saturated carbocycles. The molecule has 2 aromatic carbocycles. The van der Waals surface area contributed by atoms with E-state index in [4.69, 9.17) is 9.47 Å². The van der Waals surface area contributed by atoms with Crippen molar-refractivity contribution >= 4 is 27.5 Å². The van der Waals surface area contributed by atoms with Crippen molar-refractivity contribution in [3.8, 4) is 11.5 Å². The first-order chi connectivity index (χ1) is 14.6. The second kappa shape index (κ2) is 8.94. The number of anilines is 1. The third kappa shape index (κ3) is 4.97. The summed E-state index contributed by atoms with van der Waals surface area (Å²) in [7, 11) is -1.05. The lowest BCUT2D eigenvalue weighted by atomic mass is 10.1. The zero-order valence-electron chi connectivity index (χ0n) is 17.8. The fourth-order valence-corrected chi connectivity index (χ4v) is 4.42. The summed E-state index contributed by atoms with van der Waals surface area (Å²) >= 11 is 0. The van der Waals surface area contributed by atoms with Crippen LogP contribution in [0.4, 0.5) is 5.69 Å². The van der Waals surface area contributed by atoms with Gasteiger partial charge in [0.05, 0.1) is 24.2 Å². The number of amides is 2. The van der Waals surface area contributed by atoms with Crippen LogP contribution in [0.25, 0.3) is 0 Å². The molecule has 2 aromatic rings. The van der Waals surface area contributed by atoms with Crippen LogP contribution in [0.3, 0.4) is 0 Å². The van der Waals surface area contributed by atoms with Crippen LogP contribution >= 0.6 is 0 Å². The number of hydrogen-bond acceptors (Lipinski definition) is 6. The highest BCUT2D eigenvalue weighted by Gasteiger charge is 2.30. The lowest BCUT2D eigenvalue weighted by molar-refractivity contribution is -0.123. The first-order valence-electron chi connectivity index (χ1n) is 9.60. The molecule has 3 rings (SSSR count). The van der Waals surface area contributed by atoms with Gasteiger partial charge < -0.3 is 20.1 Å². The molecule has 2 N–H and O–H groups in total. The van der Waals surface area contributed by atoms with E-state index in [2.05, 4.69) is 10.6 Å². The van der Waals surface area contributed by atoms with Crippen LogP contribution in [-0.4, -0.2) is 51.3 Å². The minimum Gasteiger partial charge on any atom is -0.497 e. The Bertz CT molecular complexity index is 1100. The Hall–Kier alpha value is -3.11. The maximum atomic E-state index is 13.1. The number of aryl methyl sites for hydroxylation is 1. The number of sulfonamides is 1. The van der Waals surface area contributed by atoms with Gasteiger partial charge in [-0.25, -0.2) is 8.42 Å². The van der Waals surface area contributed by atoms with Crippen LogP contribution < -0.4 is 20.1 Å². The molecule has 1 aliphatic heterocycles. The van der Waals surface area contributed by atoms with Gasteiger partial charge in [-0.15, -0.1) is 0 Å². The van der Waals surface area contributed by atoms with E-state index >= 15 is 0 Å². The van der Waals surface area contributed by atoms with Gasteiger partial charge in [-0.2, -0.15) is 4.31 Å². The maximum absolute atomic E-state index is 13.1. The first-order valence-corrected chi connectivity index (χ1v) is 11.0. The predicted molar refractivity (Wildman–Crippen MR) is 115 cm³/mol. The van der Waals surface area contributed by atoms with Crippen molar-refractivity contribution in [3.63, 3.8) is 0 Å². The van der Waals surface area contributed by atoms with Gasteiger partial charge in [0.15, 0.2) is 6.10 Å². The Labute approximate surface area is 181 Å². The number of hydrogen-bond donors (Lipinski definition) is 2. The summed E-state index contributed by atoms with van der Waals surface area (Å²) in [6, 6.07) is 10.1. The topological polar surface area (TPSA) is 114 Å². The number of benzene rings is 2. The van der Waals surface area contributed by atoms with Crippen molar-refractivity contribution in [2.45, 2.75) is 31.4 Å². The number of methoxy groups -OCH3 is 1. The molecule has 1 atom stereocenters. The number of fused-ring (bicyclic) bond motifs is 1. The van der Waals surface area contributed by atoms with E-state index < -0.39 is 22.0 Å². The monoisotopic (exact) mass is 447 g/mol. The molecule has 0 saturated heterocycles. The summed E-state index contributed by atoms with van der Waals surface area (Å²) < 4.78 is 37.7. The van der Waals surface area contributed by atoms with Gasteiger partial charge in [0.25, 0.3) is 5.91 Å². The van der Waals surface area contributed by atoms with Gasteiger partial charge in [0.2, 0.25) is 15.9 Å². The summed E-state index contributed by atoms with van der Waals surface area (Å²) in [6.07, 6.45) is -0.729. The lowest BCUT2D eigenvalue weighted by Gasteiger charge is -2.25. The highest BCUT2D eigenvalue weighted by Crippen LogP contribution is 2.35. The molecule has 0 fully saturated rings. The highest BCUT2D eigenvalue weighted by molar-refractivity contribution is 7.89. The molecular weight excluding hydrogens is 422 g/mol. The number of rotatable bonds is 7. The molecule has 31 heavy (non-hydrogen) atoms. The average molecular weight is 448 g/mol. The van der Waals surface area contributed by atoms with E-state index in [-0.39, 0.29) is 29.6 Å². The molecule has 0 unspecified atom stereocenters. The van der Waals surface area contributed by atoms with Crippen LogP contribution in [0.5, 0.6) is 11.5 Å². The van der Waals surface area contributed by atoms with E-state index in [1.807, 2.05) is 12.1 Å². The number of carbonyl (C=O) groups is 2. The minimum atomic E-state index is -3.96. The van der Waals surface area contributed by atoms with Crippen molar-refractivity contribution in [3.05, 3.63) is 47.5 Å². The van der Waals surface area contributed by atoms with Crippen molar-refractivity contribution in [1.82, 2.24) is 9.62 Å². The Morgan fingerprint density at radius 3 is 2.58 bits per heavy atom. The van der Waals surface area contributed by atoms with Crippen molar-refractivity contribution in [2.75, 3.05) is 26.0 Å². The summed E-state index contributed by atoms with van der Waals surface area (Å²) in [4.78, 5) is 24.1. The van der Waals surface area contributed by atoms with Crippen LogP contribution in [0.2, 0.25) is 0 Å². The largest absolute Gasteiger partial charge is 0.497 e. The van der Waals surface area contributed by atoms with Crippen LogP contribution in [0.1, 0.15) is 18.1 Å². The van der Waals surface area contributed by atoms with Gasteiger partial charge >= 0.3 is 0 Å². The van der Waals surface area contributed by atoms with Gasteiger partial charge in [-0.3, -0.25) is 9.59 Å². The molecule has 2 amide bonds. The van der Waals surface area contributed by atoms with Gasteiger partial charge in [0, 0.05) is 19.7 Å².